The largest absolute Gasteiger partial charge is 0.493 e. The van der Waals surface area contributed by atoms with Crippen LogP contribution in [0.2, 0.25) is 0 Å². The van der Waals surface area contributed by atoms with E-state index in [1.54, 1.807) is 14.0 Å². The quantitative estimate of drug-likeness (QED) is 0.291. The SMILES string of the molecule is CCOc1cc(C(=O)N2CCc3c(c(=O)oc4c(C)c(N5CCN(C)[C@@H](COC)C5)cc(C)c34)C2)c(F)cc1C(=O)NS(=O)(=O)N(C1CC1)C1CC1. The van der Waals surface area contributed by atoms with Crippen molar-refractivity contribution >= 4 is 38.7 Å². The summed E-state index contributed by atoms with van der Waals surface area (Å²) in [6, 6.07) is 4.04. The molecule has 2 saturated carbocycles. The van der Waals surface area contributed by atoms with Crippen LogP contribution in [0.4, 0.5) is 10.1 Å². The molecule has 2 aliphatic carbocycles. The summed E-state index contributed by atoms with van der Waals surface area (Å²) in [5.74, 6) is -2.87. The number of rotatable bonds is 11. The molecular weight excluding hydrogens is 693 g/mol. The highest BCUT2D eigenvalue weighted by atomic mass is 32.2. The Kier molecular flexibility index (Phi) is 9.82. The lowest BCUT2D eigenvalue weighted by Crippen LogP contribution is -2.53. The Bertz CT molecular complexity index is 2090. The number of carbonyl (C=O) groups excluding carboxylic acids is 2. The van der Waals surface area contributed by atoms with Crippen LogP contribution in [-0.4, -0.2) is 106 Å². The number of halogens is 1. The van der Waals surface area contributed by atoms with E-state index in [1.807, 2.05) is 13.8 Å². The molecule has 3 heterocycles. The third kappa shape index (κ3) is 6.79. The second kappa shape index (κ2) is 14.1. The first-order valence-electron chi connectivity index (χ1n) is 18.0. The van der Waals surface area contributed by atoms with E-state index in [1.165, 1.54) is 9.21 Å². The van der Waals surface area contributed by atoms with Crippen molar-refractivity contribution in [1.29, 1.82) is 0 Å². The van der Waals surface area contributed by atoms with Gasteiger partial charge in [0, 0.05) is 62.0 Å². The number of anilines is 1. The molecule has 2 aliphatic heterocycles. The summed E-state index contributed by atoms with van der Waals surface area (Å²) in [4.78, 5) is 46.6. The molecule has 2 amide bonds. The van der Waals surface area contributed by atoms with E-state index in [2.05, 4.69) is 27.6 Å². The van der Waals surface area contributed by atoms with Crippen LogP contribution in [-0.2, 0) is 27.9 Å². The molecule has 0 unspecified atom stereocenters. The maximum absolute atomic E-state index is 15.7. The maximum atomic E-state index is 15.7. The van der Waals surface area contributed by atoms with Crippen molar-refractivity contribution in [1.82, 2.24) is 18.8 Å². The predicted molar refractivity (Wildman–Crippen MR) is 193 cm³/mol. The number of likely N-dealkylation sites (N-methyl/N-ethyl adjacent to an activating group) is 1. The summed E-state index contributed by atoms with van der Waals surface area (Å²) in [6.45, 7) is 8.88. The fourth-order valence-electron chi connectivity index (χ4n) is 7.70. The summed E-state index contributed by atoms with van der Waals surface area (Å²) in [5, 5.41) is 0.850. The number of methoxy groups -OCH3 is 1. The number of ether oxygens (including phenoxy) is 2. The van der Waals surface area contributed by atoms with Gasteiger partial charge in [0.15, 0.2) is 0 Å². The average molecular weight is 740 g/mol. The topological polar surface area (TPSA) is 142 Å². The molecule has 13 nitrogen and oxygen atoms in total. The van der Waals surface area contributed by atoms with Crippen molar-refractivity contribution in [3.63, 3.8) is 0 Å². The van der Waals surface area contributed by atoms with Crippen LogP contribution in [0, 0.1) is 19.7 Å². The van der Waals surface area contributed by atoms with Crippen molar-refractivity contribution in [2.45, 2.75) is 77.5 Å². The van der Waals surface area contributed by atoms with Gasteiger partial charge < -0.3 is 23.7 Å². The minimum absolute atomic E-state index is 0.0802. The van der Waals surface area contributed by atoms with Crippen LogP contribution in [0.3, 0.4) is 0 Å². The molecule has 3 aromatic rings. The predicted octanol–water partition coefficient (Wildman–Crippen LogP) is 3.51. The van der Waals surface area contributed by atoms with E-state index in [0.29, 0.717) is 24.2 Å². The molecule has 1 aromatic heterocycles. The number of hydrogen-bond donors (Lipinski definition) is 1. The lowest BCUT2D eigenvalue weighted by molar-refractivity contribution is 0.0726. The molecule has 7 rings (SSSR count). The normalized spacial score (nSPS) is 19.6. The third-order valence-corrected chi connectivity index (χ3v) is 12.3. The van der Waals surface area contributed by atoms with Gasteiger partial charge in [0.1, 0.15) is 17.1 Å². The zero-order chi connectivity index (χ0) is 37.1. The van der Waals surface area contributed by atoms with Gasteiger partial charge in [0.2, 0.25) is 0 Å². The number of carbonyl (C=O) groups is 2. The van der Waals surface area contributed by atoms with Crippen LogP contribution < -0.4 is 20.0 Å². The number of nitrogens with one attached hydrogen (secondary N) is 1. The van der Waals surface area contributed by atoms with E-state index in [-0.39, 0.29) is 54.7 Å². The fraction of sp³-hybridized carbons (Fsp3) is 0.541. The number of piperazine rings is 1. The fourth-order valence-corrected chi connectivity index (χ4v) is 9.36. The minimum Gasteiger partial charge on any atom is -0.493 e. The Hall–Kier alpha value is -4.05. The van der Waals surface area contributed by atoms with Crippen LogP contribution in [0.25, 0.3) is 11.0 Å². The summed E-state index contributed by atoms with van der Waals surface area (Å²) in [7, 11) is -0.377. The highest BCUT2D eigenvalue weighted by Gasteiger charge is 2.47. The molecule has 280 valence electrons. The Morgan fingerprint density at radius 3 is 2.40 bits per heavy atom. The summed E-state index contributed by atoms with van der Waals surface area (Å²) >= 11 is 0. The van der Waals surface area contributed by atoms with E-state index in [0.717, 1.165) is 85.2 Å². The van der Waals surface area contributed by atoms with E-state index in [9.17, 15) is 22.8 Å². The van der Waals surface area contributed by atoms with Crippen LogP contribution in [0.15, 0.2) is 27.4 Å². The van der Waals surface area contributed by atoms with Gasteiger partial charge in [-0.25, -0.2) is 13.9 Å². The van der Waals surface area contributed by atoms with Gasteiger partial charge in [-0.1, -0.05) is 0 Å². The zero-order valence-electron chi connectivity index (χ0n) is 30.3. The number of hydrogen-bond acceptors (Lipinski definition) is 10. The molecular formula is C37H46FN5O8S. The molecule has 1 atom stereocenters. The van der Waals surface area contributed by atoms with Crippen molar-refractivity contribution in [2.24, 2.45) is 0 Å². The standard InChI is InChI=1S/C37H46FN5O8S/c1-6-50-32-17-27(30(38)16-28(32)35(44)39-52(47,48)43(23-7-8-23)24-9-10-24)36(45)42-12-11-26-29(19-42)37(46)51-34-22(3)31(15-21(2)33(26)34)41-14-13-40(4)25(18-41)20-49-5/h15-17,23-25H,6-14,18-20H2,1-5H3,(H,39,44)/t25-/m1/s1. The first-order chi connectivity index (χ1) is 24.8. The van der Waals surface area contributed by atoms with Crippen molar-refractivity contribution in [3.8, 4) is 5.75 Å². The number of aryl methyl sites for hydroxylation is 2. The lowest BCUT2D eigenvalue weighted by atomic mass is 9.92. The monoisotopic (exact) mass is 739 g/mol. The molecule has 0 radical (unpaired) electrons. The molecule has 52 heavy (non-hydrogen) atoms. The van der Waals surface area contributed by atoms with E-state index in [4.69, 9.17) is 13.9 Å². The number of amides is 2. The average Bonchev–Trinajstić information content (AvgIpc) is 4.05. The summed E-state index contributed by atoms with van der Waals surface area (Å²) in [5.41, 5.74) is 3.27. The molecule has 0 spiro atoms. The third-order valence-electron chi connectivity index (χ3n) is 10.7. The van der Waals surface area contributed by atoms with Gasteiger partial charge in [0.05, 0.1) is 42.5 Å². The first-order valence-corrected chi connectivity index (χ1v) is 19.4. The molecule has 1 saturated heterocycles. The highest BCUT2D eigenvalue weighted by molar-refractivity contribution is 7.87. The van der Waals surface area contributed by atoms with E-state index < -0.39 is 33.5 Å². The van der Waals surface area contributed by atoms with Crippen LogP contribution in [0.5, 0.6) is 5.75 Å². The molecule has 2 aromatic carbocycles. The zero-order valence-corrected chi connectivity index (χ0v) is 31.1. The maximum Gasteiger partial charge on any atom is 0.341 e. The van der Waals surface area contributed by atoms with Crippen molar-refractivity contribution in [2.75, 3.05) is 58.5 Å². The molecule has 3 fully saturated rings. The van der Waals surface area contributed by atoms with Crippen molar-refractivity contribution < 1.29 is 36.3 Å². The van der Waals surface area contributed by atoms with Crippen molar-refractivity contribution in [3.05, 3.63) is 67.8 Å². The molecule has 4 aliphatic rings. The van der Waals surface area contributed by atoms with Gasteiger partial charge >= 0.3 is 15.8 Å². The number of fused-ring (bicyclic) bond motifs is 3. The second-order valence-electron chi connectivity index (χ2n) is 14.4. The summed E-state index contributed by atoms with van der Waals surface area (Å²) < 4.78 is 62.5. The van der Waals surface area contributed by atoms with Gasteiger partial charge in [-0.3, -0.25) is 14.5 Å². The molecule has 0 bridgehead atoms. The van der Waals surface area contributed by atoms with Crippen LogP contribution in [0.1, 0.15) is 75.6 Å². The Morgan fingerprint density at radius 2 is 1.75 bits per heavy atom. The molecule has 1 N–H and O–H groups in total. The minimum atomic E-state index is -4.17. The second-order valence-corrected chi connectivity index (χ2v) is 16.0. The Balaban J connectivity index is 1.14. The van der Waals surface area contributed by atoms with Gasteiger partial charge in [0.25, 0.3) is 11.8 Å². The van der Waals surface area contributed by atoms with Gasteiger partial charge in [-0.05, 0) is 89.2 Å². The first kappa shape index (κ1) is 36.3. The van der Waals surface area contributed by atoms with Gasteiger partial charge in [-0.15, -0.1) is 0 Å². The number of benzene rings is 2. The Labute approximate surface area is 302 Å². The van der Waals surface area contributed by atoms with Crippen LogP contribution >= 0.6 is 0 Å². The van der Waals surface area contributed by atoms with E-state index >= 15 is 4.39 Å². The smallest absolute Gasteiger partial charge is 0.341 e. The molecule has 15 heteroatoms. The number of nitrogens with zero attached hydrogens (tertiary/aromatic N) is 4. The highest BCUT2D eigenvalue weighted by Crippen LogP contribution is 2.40. The lowest BCUT2D eigenvalue weighted by Gasteiger charge is -2.41. The van der Waals surface area contributed by atoms with Gasteiger partial charge in [-0.2, -0.15) is 12.7 Å². The Morgan fingerprint density at radius 1 is 1.04 bits per heavy atom. The summed E-state index contributed by atoms with van der Waals surface area (Å²) in [6.07, 6.45) is 3.27.